The summed E-state index contributed by atoms with van der Waals surface area (Å²) in [4.78, 5) is 21.0. The molecule has 0 unspecified atom stereocenters. The summed E-state index contributed by atoms with van der Waals surface area (Å²) in [6.45, 7) is 3.90. The van der Waals surface area contributed by atoms with Crippen molar-refractivity contribution in [2.75, 3.05) is 29.0 Å². The molecule has 3 aromatic rings. The van der Waals surface area contributed by atoms with Gasteiger partial charge in [-0.15, -0.1) is 11.3 Å². The monoisotopic (exact) mass is 355 g/mol. The Balaban J connectivity index is 1.56. The summed E-state index contributed by atoms with van der Waals surface area (Å²) in [5, 5.41) is 7.39. The summed E-state index contributed by atoms with van der Waals surface area (Å²) in [6.07, 6.45) is 2.34. The van der Waals surface area contributed by atoms with Gasteiger partial charge in [-0.1, -0.05) is 5.16 Å². The molecule has 7 nitrogen and oxygen atoms in total. The number of hydrogen-bond acceptors (Lipinski definition) is 7. The highest BCUT2D eigenvalue weighted by Crippen LogP contribution is 2.45. The quantitative estimate of drug-likeness (QED) is 0.733. The summed E-state index contributed by atoms with van der Waals surface area (Å²) in [5.41, 5.74) is 8.04. The largest absolute Gasteiger partial charge is 0.397 e. The molecule has 2 bridgehead atoms. The highest BCUT2D eigenvalue weighted by molar-refractivity contribution is 7.21. The standard InChI is InChI=1S/C17H17N5O2S/c1-8-6-12(21-24-8)19-16(23)14-13(18)11-7-10-9-2-4-22(5-3-9)15(10)20-17(11)25-14/h6-7,9H,2-5,18H2,1H3,(H,19,21,23). The van der Waals surface area contributed by atoms with E-state index in [0.717, 1.165) is 29.1 Å². The van der Waals surface area contributed by atoms with Crippen molar-refractivity contribution in [2.24, 2.45) is 0 Å². The van der Waals surface area contributed by atoms with Gasteiger partial charge in [-0.2, -0.15) is 0 Å². The van der Waals surface area contributed by atoms with Gasteiger partial charge >= 0.3 is 0 Å². The van der Waals surface area contributed by atoms with Crippen LogP contribution < -0.4 is 16.0 Å². The normalized spacial score (nSPS) is 16.4. The molecule has 8 heteroatoms. The third kappa shape index (κ3) is 2.21. The lowest BCUT2D eigenvalue weighted by atomic mass is 9.84. The number of carbonyl (C=O) groups excluding carboxylic acids is 1. The first-order valence-corrected chi connectivity index (χ1v) is 9.14. The molecule has 128 valence electrons. The molecule has 1 fully saturated rings. The summed E-state index contributed by atoms with van der Waals surface area (Å²) in [5.74, 6) is 2.37. The molecule has 1 saturated heterocycles. The lowest BCUT2D eigenvalue weighted by Crippen LogP contribution is -2.39. The summed E-state index contributed by atoms with van der Waals surface area (Å²) in [6, 6.07) is 3.81. The second-order valence-electron chi connectivity index (χ2n) is 6.64. The van der Waals surface area contributed by atoms with Gasteiger partial charge < -0.3 is 20.5 Å². The molecule has 3 aliphatic heterocycles. The highest BCUT2D eigenvalue weighted by atomic mass is 32.1. The maximum absolute atomic E-state index is 12.6. The number of nitrogen functional groups attached to an aromatic ring is 1. The van der Waals surface area contributed by atoms with Crippen molar-refractivity contribution in [2.45, 2.75) is 25.7 Å². The molecule has 0 atom stereocenters. The zero-order valence-corrected chi connectivity index (χ0v) is 14.5. The SMILES string of the molecule is Cc1cc(NC(=O)c2sc3nc4c(cc3c2N)C2CCN4CC2)no1. The fourth-order valence-corrected chi connectivity index (χ4v) is 4.74. The predicted octanol–water partition coefficient (Wildman–Crippen LogP) is 3.12. The van der Waals surface area contributed by atoms with Gasteiger partial charge in [-0.25, -0.2) is 4.98 Å². The third-order valence-corrected chi connectivity index (χ3v) is 6.15. The lowest BCUT2D eigenvalue weighted by Gasteiger charge is -2.41. The molecule has 6 rings (SSSR count). The Morgan fingerprint density at radius 1 is 1.40 bits per heavy atom. The number of anilines is 3. The van der Waals surface area contributed by atoms with E-state index in [1.807, 2.05) is 0 Å². The Hall–Kier alpha value is -2.61. The van der Waals surface area contributed by atoms with Crippen LogP contribution in [0.3, 0.4) is 0 Å². The maximum Gasteiger partial charge on any atom is 0.269 e. The van der Waals surface area contributed by atoms with Crippen molar-refractivity contribution in [1.29, 1.82) is 0 Å². The van der Waals surface area contributed by atoms with Crippen molar-refractivity contribution in [1.82, 2.24) is 10.1 Å². The van der Waals surface area contributed by atoms with Crippen molar-refractivity contribution in [3.8, 4) is 0 Å². The number of nitrogens with zero attached hydrogens (tertiary/aromatic N) is 3. The van der Waals surface area contributed by atoms with Crippen molar-refractivity contribution in [3.05, 3.63) is 28.3 Å². The molecular weight excluding hydrogens is 338 g/mol. The number of aromatic nitrogens is 2. The number of rotatable bonds is 2. The molecule has 0 aliphatic carbocycles. The van der Waals surface area contributed by atoms with Crippen LogP contribution in [0, 0.1) is 6.92 Å². The summed E-state index contributed by atoms with van der Waals surface area (Å²) < 4.78 is 4.98. The predicted molar refractivity (Wildman–Crippen MR) is 97.4 cm³/mol. The number of hydrogen-bond donors (Lipinski definition) is 2. The van der Waals surface area contributed by atoms with Gasteiger partial charge in [-0.05, 0) is 37.3 Å². The Morgan fingerprint density at radius 2 is 2.20 bits per heavy atom. The molecule has 6 heterocycles. The molecule has 3 aromatic heterocycles. The van der Waals surface area contributed by atoms with Gasteiger partial charge in [0.2, 0.25) is 0 Å². The average Bonchev–Trinajstić information content (AvgIpc) is 3.18. The smallest absolute Gasteiger partial charge is 0.269 e. The van der Waals surface area contributed by atoms with Crippen LogP contribution in [0.4, 0.5) is 17.3 Å². The Kier molecular flexibility index (Phi) is 3.05. The number of pyridine rings is 1. The van der Waals surface area contributed by atoms with Gasteiger partial charge in [0.25, 0.3) is 5.91 Å². The minimum atomic E-state index is -0.282. The number of piperidine rings is 1. The lowest BCUT2D eigenvalue weighted by molar-refractivity contribution is 0.103. The molecule has 0 radical (unpaired) electrons. The number of nitrogens with one attached hydrogen (secondary N) is 1. The van der Waals surface area contributed by atoms with Crippen molar-refractivity contribution >= 4 is 44.8 Å². The van der Waals surface area contributed by atoms with Crippen molar-refractivity contribution in [3.63, 3.8) is 0 Å². The van der Waals surface area contributed by atoms with Crippen LogP contribution in [0.2, 0.25) is 0 Å². The average molecular weight is 355 g/mol. The topological polar surface area (TPSA) is 97.3 Å². The first-order valence-electron chi connectivity index (χ1n) is 8.32. The summed E-state index contributed by atoms with van der Waals surface area (Å²) in [7, 11) is 0. The first kappa shape index (κ1) is 14.7. The van der Waals surface area contributed by atoms with E-state index in [0.29, 0.717) is 28.1 Å². The van der Waals surface area contributed by atoms with E-state index in [1.165, 1.54) is 29.7 Å². The van der Waals surface area contributed by atoms with Gasteiger partial charge in [0.05, 0.1) is 5.69 Å². The van der Waals surface area contributed by atoms with E-state index in [2.05, 4.69) is 21.4 Å². The fraction of sp³-hybridized carbons (Fsp3) is 0.353. The van der Waals surface area contributed by atoms with E-state index < -0.39 is 0 Å². The number of aryl methyl sites for hydroxylation is 1. The minimum Gasteiger partial charge on any atom is -0.397 e. The van der Waals surface area contributed by atoms with E-state index in [4.69, 9.17) is 15.2 Å². The molecule has 3 aliphatic rings. The van der Waals surface area contributed by atoms with Crippen LogP contribution in [0.1, 0.15) is 39.8 Å². The van der Waals surface area contributed by atoms with Gasteiger partial charge in [0, 0.05) is 24.5 Å². The van der Waals surface area contributed by atoms with Crippen LogP contribution in [0.25, 0.3) is 10.2 Å². The third-order valence-electron chi connectivity index (χ3n) is 5.04. The molecular formula is C17H17N5O2S. The Morgan fingerprint density at radius 3 is 2.92 bits per heavy atom. The minimum absolute atomic E-state index is 0.282. The van der Waals surface area contributed by atoms with Crippen molar-refractivity contribution < 1.29 is 9.32 Å². The van der Waals surface area contributed by atoms with Crippen LogP contribution in [0.15, 0.2) is 16.7 Å². The highest BCUT2D eigenvalue weighted by Gasteiger charge is 2.33. The summed E-state index contributed by atoms with van der Waals surface area (Å²) >= 11 is 1.33. The molecule has 25 heavy (non-hydrogen) atoms. The van der Waals surface area contributed by atoms with Gasteiger partial charge in [-0.3, -0.25) is 4.79 Å². The molecule has 3 N–H and O–H groups in total. The molecule has 0 spiro atoms. The first-order chi connectivity index (χ1) is 12.1. The molecule has 1 amide bonds. The molecule has 0 saturated carbocycles. The number of amides is 1. The van der Waals surface area contributed by atoms with E-state index in [-0.39, 0.29) is 5.91 Å². The van der Waals surface area contributed by atoms with Crippen LogP contribution >= 0.6 is 11.3 Å². The van der Waals surface area contributed by atoms with Crippen LogP contribution in [0.5, 0.6) is 0 Å². The number of fused-ring (bicyclic) bond motifs is 3. The van der Waals surface area contributed by atoms with E-state index >= 15 is 0 Å². The van der Waals surface area contributed by atoms with E-state index in [1.54, 1.807) is 13.0 Å². The number of carbonyl (C=O) groups is 1. The Bertz CT molecular complexity index is 1000. The number of nitrogens with two attached hydrogens (primary N) is 1. The van der Waals surface area contributed by atoms with Gasteiger partial charge in [0.1, 0.15) is 21.3 Å². The Labute approximate surface area is 147 Å². The van der Waals surface area contributed by atoms with Gasteiger partial charge in [0.15, 0.2) is 5.82 Å². The molecule has 0 aromatic carbocycles. The van der Waals surface area contributed by atoms with Crippen LogP contribution in [-0.2, 0) is 0 Å². The second-order valence-corrected chi connectivity index (χ2v) is 7.64. The zero-order chi connectivity index (χ0) is 17.1. The van der Waals surface area contributed by atoms with E-state index in [9.17, 15) is 4.79 Å². The zero-order valence-electron chi connectivity index (χ0n) is 13.7. The number of thiophene rings is 1. The maximum atomic E-state index is 12.6. The fourth-order valence-electron chi connectivity index (χ4n) is 3.77. The van der Waals surface area contributed by atoms with Crippen LogP contribution in [-0.4, -0.2) is 29.1 Å². The second kappa shape index (κ2) is 5.19.